The summed E-state index contributed by atoms with van der Waals surface area (Å²) in [6.45, 7) is 35.0. The lowest BCUT2D eigenvalue weighted by Crippen LogP contribution is -2.27. The summed E-state index contributed by atoms with van der Waals surface area (Å²) >= 11 is 0. The lowest BCUT2D eigenvalue weighted by atomic mass is 9.67. The van der Waals surface area contributed by atoms with E-state index in [0.29, 0.717) is 6.42 Å². The zero-order valence-electron chi connectivity index (χ0n) is 81.7. The van der Waals surface area contributed by atoms with Crippen molar-refractivity contribution in [2.45, 2.75) is 145 Å². The summed E-state index contributed by atoms with van der Waals surface area (Å²) < 4.78 is 0. The van der Waals surface area contributed by atoms with Crippen molar-refractivity contribution in [2.75, 3.05) is 19.6 Å². The first-order valence-electron chi connectivity index (χ1n) is 49.7. The highest BCUT2D eigenvalue weighted by molar-refractivity contribution is 6.15. The Morgan fingerprint density at radius 3 is 0.826 bits per heavy atom. The van der Waals surface area contributed by atoms with Crippen LogP contribution in [0.15, 0.2) is 382 Å². The average Bonchev–Trinajstić information content (AvgIpc) is 1.49. The molecule has 20 aromatic carbocycles. The second-order valence-corrected chi connectivity index (χ2v) is 40.9. The molecule has 0 atom stereocenters. The van der Waals surface area contributed by atoms with E-state index < -0.39 is 10.8 Å². The molecule has 0 unspecified atom stereocenters. The summed E-state index contributed by atoms with van der Waals surface area (Å²) in [5.41, 5.74) is 50.1. The van der Waals surface area contributed by atoms with E-state index in [1.54, 1.807) is 0 Å². The quantitative estimate of drug-likeness (QED) is 0.0849. The van der Waals surface area contributed by atoms with Crippen LogP contribution in [0.1, 0.15) is 196 Å². The van der Waals surface area contributed by atoms with Gasteiger partial charge >= 0.3 is 0 Å². The topological polar surface area (TPSA) is 13.0 Å². The van der Waals surface area contributed by atoms with Crippen molar-refractivity contribution < 1.29 is 0 Å². The Hall–Kier alpha value is -15.4. The summed E-state index contributed by atoms with van der Waals surface area (Å²) in [4.78, 5) is 10.1. The number of hydrogen-bond donors (Lipinski definition) is 0. The van der Waals surface area contributed by atoms with E-state index in [0.717, 1.165) is 56.9 Å². The van der Waals surface area contributed by atoms with Gasteiger partial charge in [-0.25, -0.2) is 0 Å². The highest BCUT2D eigenvalue weighted by atomic mass is 15.2. The number of rotatable bonds is 18. The predicted molar refractivity (Wildman–Crippen MR) is 587 cm³/mol. The van der Waals surface area contributed by atoms with Gasteiger partial charge in [0.25, 0.3) is 0 Å². The average molecular weight is 1780 g/mol. The monoisotopic (exact) mass is 1780 g/mol. The Balaban J connectivity index is 0.661. The van der Waals surface area contributed by atoms with Crippen LogP contribution in [0.25, 0.3) is 87.6 Å². The Bertz CT molecular complexity index is 8310. The van der Waals surface area contributed by atoms with Crippen molar-refractivity contribution in [1.29, 1.82) is 0 Å². The number of benzene rings is 20. The number of anilines is 12. The fourth-order valence-electron chi connectivity index (χ4n) is 25.1. The van der Waals surface area contributed by atoms with Gasteiger partial charge in [-0.3, -0.25) is 0 Å². The van der Waals surface area contributed by atoms with Gasteiger partial charge in [-0.15, -0.1) is 0 Å². The van der Waals surface area contributed by atoms with Crippen molar-refractivity contribution in [3.05, 3.63) is 499 Å². The Morgan fingerprint density at radius 1 is 0.196 bits per heavy atom. The van der Waals surface area contributed by atoms with E-state index in [1.165, 1.54) is 216 Å². The van der Waals surface area contributed by atoms with Crippen molar-refractivity contribution in [3.8, 4) is 44.5 Å². The highest BCUT2D eigenvalue weighted by Crippen LogP contribution is 2.70. The van der Waals surface area contributed by atoms with Crippen molar-refractivity contribution >= 4 is 111 Å². The number of para-hydroxylation sites is 4. The maximum atomic E-state index is 2.63. The minimum Gasteiger partial charge on any atom is -0.310 e. The molecule has 0 aliphatic heterocycles. The van der Waals surface area contributed by atoms with Crippen molar-refractivity contribution in [1.82, 2.24) is 0 Å². The van der Waals surface area contributed by atoms with Gasteiger partial charge in [-0.05, 0) is 417 Å². The van der Waals surface area contributed by atoms with Crippen LogP contribution >= 0.6 is 0 Å². The molecule has 0 radical (unpaired) electrons. The molecule has 2 spiro atoms. The molecule has 0 saturated heterocycles. The maximum absolute atomic E-state index is 2.63. The second-order valence-electron chi connectivity index (χ2n) is 40.9. The van der Waals surface area contributed by atoms with Crippen LogP contribution in [-0.2, 0) is 17.3 Å². The molecule has 670 valence electrons. The fourth-order valence-corrected chi connectivity index (χ4v) is 25.1. The zero-order chi connectivity index (χ0) is 94.2. The molecule has 0 amide bonds. The van der Waals surface area contributed by atoms with Crippen molar-refractivity contribution in [3.63, 3.8) is 0 Å². The molecular weight excluding hydrogens is 1670 g/mol. The predicted octanol–water partition coefficient (Wildman–Crippen LogP) is 37.1. The third-order valence-electron chi connectivity index (χ3n) is 31.1. The smallest absolute Gasteiger partial charge is 0.0737 e. The molecule has 4 nitrogen and oxygen atoms in total. The lowest BCUT2D eigenvalue weighted by molar-refractivity contribution is 0.806. The number of nitrogens with zero attached hydrogens (tertiary/aromatic N) is 4. The van der Waals surface area contributed by atoms with Crippen LogP contribution in [0.3, 0.4) is 0 Å². The van der Waals surface area contributed by atoms with E-state index in [9.17, 15) is 0 Å². The van der Waals surface area contributed by atoms with Gasteiger partial charge in [-0.2, -0.15) is 0 Å². The first kappa shape index (κ1) is 85.6. The van der Waals surface area contributed by atoms with Crippen LogP contribution < -0.4 is 19.6 Å². The molecule has 0 bridgehead atoms. The molecule has 0 aromatic heterocycles. The van der Waals surface area contributed by atoms with Gasteiger partial charge in [-0.1, -0.05) is 303 Å². The largest absolute Gasteiger partial charge is 0.310 e. The molecule has 4 heteroatoms. The van der Waals surface area contributed by atoms with Gasteiger partial charge in [0.05, 0.1) is 10.8 Å². The van der Waals surface area contributed by atoms with Gasteiger partial charge < -0.3 is 19.6 Å². The molecule has 4 aliphatic carbocycles. The Kier molecular flexibility index (Phi) is 20.5. The van der Waals surface area contributed by atoms with Gasteiger partial charge in [0.2, 0.25) is 0 Å². The minimum absolute atomic E-state index is 0.181. The molecule has 0 N–H and O–H groups in total. The maximum Gasteiger partial charge on any atom is 0.0737 e. The highest BCUT2D eigenvalue weighted by Gasteiger charge is 2.56. The molecule has 0 saturated carbocycles. The standard InChI is InChI=1S/C134H114N4/c1-80(2)109-76-117-118-77-110(81(3)4)114-73-98(57-61-106(114)130(118)133(121-48-32-28-44-101(121)102-45-29-33-49-122(102)133)129(117)105-60-56-97(72-113(105)109)135(93-36-20-16-21-37-93)125-64-53-84(9)66-89(125)14)136(94-38-22-17-23-39-94)126-65-54-85(10)67-92(126)71-91-68-87(12)70-128(90(91)15)138(96-42-26-19-27-43-96)100-59-63-108-116(75-100)112(83(7)8)79-120-119-78-111(82(5)6)115-74-99(137(95-40-24-18-25-41-95)127-69-86(11)52-55-88(127)13)58-62-107(115)131(119)134(132(108)120)123-50-34-30-46-103(123)104-47-31-35-51-124(104)134/h16-70,72-83H,71H2,1-15H3. The van der Waals surface area contributed by atoms with Crippen LogP contribution in [-0.4, -0.2) is 0 Å². The van der Waals surface area contributed by atoms with Gasteiger partial charge in [0.1, 0.15) is 0 Å². The normalized spacial score (nSPS) is 13.2. The SMILES string of the molecule is Cc1ccc(N(c2ccccc2)c2ccc3c4c(cc(C(C)C)c3c2)-c2cc(C(C)C)c3cc(N(c5ccccc5)c5ccc(C)cc5Cc5cc(C)cc(N(c6ccccc6)c6ccc7c8c(cc(C(C)C)c7c6)-c6cc(C(C)C)c7cc(N(c9ccccc9)c9cc(C)ccc9C)ccc7c6C86c7ccccc7-c7ccccc76)c5C)ccc3c2C42c3ccccc3-c3ccccc32)c(C)c1. The molecule has 0 fully saturated rings. The van der Waals surface area contributed by atoms with E-state index in [-0.39, 0.29) is 23.7 Å². The third-order valence-corrected chi connectivity index (χ3v) is 31.1. The summed E-state index contributed by atoms with van der Waals surface area (Å²) in [5.74, 6) is 0.807. The van der Waals surface area contributed by atoms with E-state index in [2.05, 4.69) is 506 Å². The molecule has 24 rings (SSSR count). The molecule has 4 aliphatic rings. The fraction of sp³-hybridized carbons (Fsp3) is 0.164. The van der Waals surface area contributed by atoms with Crippen LogP contribution in [0.4, 0.5) is 68.2 Å². The summed E-state index contributed by atoms with van der Waals surface area (Å²) in [6.07, 6.45) is 0.685. The van der Waals surface area contributed by atoms with Gasteiger partial charge in [0.15, 0.2) is 0 Å². The van der Waals surface area contributed by atoms with Crippen molar-refractivity contribution in [2.24, 2.45) is 0 Å². The summed E-state index contributed by atoms with van der Waals surface area (Å²) in [5, 5.41) is 10.3. The first-order chi connectivity index (χ1) is 67.1. The molecule has 138 heavy (non-hydrogen) atoms. The van der Waals surface area contributed by atoms with E-state index in [1.807, 2.05) is 0 Å². The van der Waals surface area contributed by atoms with E-state index in [4.69, 9.17) is 0 Å². The Morgan fingerprint density at radius 2 is 0.478 bits per heavy atom. The zero-order valence-corrected chi connectivity index (χ0v) is 81.7. The first-order valence-corrected chi connectivity index (χ1v) is 49.7. The van der Waals surface area contributed by atoms with E-state index >= 15 is 0 Å². The minimum atomic E-state index is -0.673. The number of fused-ring (bicyclic) bond motifs is 28. The number of hydrogen-bond acceptors (Lipinski definition) is 4. The van der Waals surface area contributed by atoms with Gasteiger partial charge in [0, 0.05) is 68.2 Å². The summed E-state index contributed by atoms with van der Waals surface area (Å²) in [6, 6.07) is 148. The Labute approximate surface area is 813 Å². The molecular formula is C134H114N4. The van der Waals surface area contributed by atoms with Crippen LogP contribution in [0, 0.1) is 48.5 Å². The van der Waals surface area contributed by atoms with Crippen LogP contribution in [0.5, 0.6) is 0 Å². The third kappa shape index (κ3) is 13.1. The summed E-state index contributed by atoms with van der Waals surface area (Å²) in [7, 11) is 0. The molecule has 20 aromatic rings. The molecule has 0 heterocycles. The number of aryl methyl sites for hydroxylation is 6. The second kappa shape index (κ2) is 33.0. The van der Waals surface area contributed by atoms with Crippen LogP contribution in [0.2, 0.25) is 0 Å². The lowest BCUT2D eigenvalue weighted by Gasteiger charge is -2.34.